The molecule has 0 unspecified atom stereocenters. The van der Waals surface area contributed by atoms with Gasteiger partial charge in [-0.05, 0) is 23.8 Å². The van der Waals surface area contributed by atoms with Gasteiger partial charge in [-0.25, -0.2) is 0 Å². The Balaban J connectivity index is 2.52. The lowest BCUT2D eigenvalue weighted by Gasteiger charge is -2.09. The number of rotatable bonds is 3. The van der Waals surface area contributed by atoms with Crippen molar-refractivity contribution in [2.75, 3.05) is 7.11 Å². The maximum absolute atomic E-state index is 11.8. The van der Waals surface area contributed by atoms with E-state index in [9.17, 15) is 9.90 Å². The molecule has 0 spiro atoms. The number of phenols is 1. The second kappa shape index (κ2) is 4.93. The molecule has 2 rings (SSSR count). The van der Waals surface area contributed by atoms with Gasteiger partial charge in [-0.15, -0.1) is 0 Å². The third kappa shape index (κ3) is 2.21. The molecule has 0 radical (unpaired) electrons. The van der Waals surface area contributed by atoms with E-state index in [0.717, 1.165) is 0 Å². The molecule has 1 aromatic carbocycles. The number of aliphatic hydroxyl groups excluding tert-OH is 1. The number of aromatic hydroxyl groups is 1. The molecule has 0 aliphatic heterocycles. The van der Waals surface area contributed by atoms with Crippen LogP contribution in [0.15, 0.2) is 41.3 Å². The smallest absolute Gasteiger partial charge is 0.255 e. The van der Waals surface area contributed by atoms with Gasteiger partial charge in [-0.1, -0.05) is 0 Å². The molecule has 0 fully saturated rings. The highest BCUT2D eigenvalue weighted by atomic mass is 16.5. The zero-order chi connectivity index (χ0) is 13.1. The Morgan fingerprint density at radius 3 is 2.67 bits per heavy atom. The summed E-state index contributed by atoms with van der Waals surface area (Å²) in [7, 11) is 1.44. The minimum absolute atomic E-state index is 0.0151. The quantitative estimate of drug-likeness (QED) is 0.850. The van der Waals surface area contributed by atoms with Crippen LogP contribution in [0, 0.1) is 0 Å². The van der Waals surface area contributed by atoms with Gasteiger partial charge in [0.1, 0.15) is 0 Å². The average molecular weight is 247 g/mol. The van der Waals surface area contributed by atoms with Gasteiger partial charge < -0.3 is 14.9 Å². The number of phenolic OH excluding ortho intramolecular Hbond substituents is 1. The lowest BCUT2D eigenvalue weighted by atomic mass is 10.2. The molecular weight excluding hydrogens is 234 g/mol. The van der Waals surface area contributed by atoms with Crippen molar-refractivity contribution in [1.82, 2.24) is 4.57 Å². The van der Waals surface area contributed by atoms with Crippen LogP contribution in [0.4, 0.5) is 0 Å². The third-order valence-electron chi connectivity index (χ3n) is 2.61. The van der Waals surface area contributed by atoms with Crippen molar-refractivity contribution in [2.24, 2.45) is 0 Å². The van der Waals surface area contributed by atoms with Gasteiger partial charge in [0.15, 0.2) is 11.5 Å². The SMILES string of the molecule is COc1cc(-n2ccc(CO)cc2=O)ccc1O. The minimum atomic E-state index is -0.255. The molecule has 0 saturated heterocycles. The molecule has 94 valence electrons. The Morgan fingerprint density at radius 1 is 1.28 bits per heavy atom. The molecule has 0 saturated carbocycles. The van der Waals surface area contributed by atoms with E-state index in [1.54, 1.807) is 24.4 Å². The van der Waals surface area contributed by atoms with Crippen LogP contribution in [0.3, 0.4) is 0 Å². The first-order valence-electron chi connectivity index (χ1n) is 5.35. The Hall–Kier alpha value is -2.27. The number of methoxy groups -OCH3 is 1. The minimum Gasteiger partial charge on any atom is -0.504 e. The number of ether oxygens (including phenoxy) is 1. The molecule has 0 atom stereocenters. The number of benzene rings is 1. The first kappa shape index (κ1) is 12.2. The van der Waals surface area contributed by atoms with Crippen LogP contribution in [-0.2, 0) is 6.61 Å². The lowest BCUT2D eigenvalue weighted by molar-refractivity contribution is 0.281. The van der Waals surface area contributed by atoms with Crippen LogP contribution < -0.4 is 10.3 Å². The summed E-state index contributed by atoms with van der Waals surface area (Å²) in [5.41, 5.74) is 0.885. The van der Waals surface area contributed by atoms with Crippen molar-refractivity contribution in [1.29, 1.82) is 0 Å². The van der Waals surface area contributed by atoms with Gasteiger partial charge in [0.2, 0.25) is 0 Å². The summed E-state index contributed by atoms with van der Waals surface area (Å²) in [6.45, 7) is -0.172. The average Bonchev–Trinajstić information content (AvgIpc) is 2.39. The Labute approximate surface area is 104 Å². The van der Waals surface area contributed by atoms with E-state index in [1.807, 2.05) is 0 Å². The Bertz CT molecular complexity index is 619. The van der Waals surface area contributed by atoms with Crippen molar-refractivity contribution in [3.05, 3.63) is 52.4 Å². The monoisotopic (exact) mass is 247 g/mol. The van der Waals surface area contributed by atoms with E-state index >= 15 is 0 Å². The molecule has 5 heteroatoms. The maximum atomic E-state index is 11.8. The highest BCUT2D eigenvalue weighted by molar-refractivity contribution is 5.48. The largest absolute Gasteiger partial charge is 0.504 e. The fraction of sp³-hybridized carbons (Fsp3) is 0.154. The molecule has 0 amide bonds. The van der Waals surface area contributed by atoms with E-state index in [1.165, 1.54) is 23.8 Å². The molecule has 1 aromatic heterocycles. The van der Waals surface area contributed by atoms with E-state index < -0.39 is 0 Å². The van der Waals surface area contributed by atoms with Crippen LogP contribution in [0.2, 0.25) is 0 Å². The first-order valence-corrected chi connectivity index (χ1v) is 5.35. The normalized spacial score (nSPS) is 10.3. The molecule has 0 aliphatic rings. The predicted octanol–water partition coefficient (Wildman–Crippen LogP) is 1.04. The number of aromatic nitrogens is 1. The van der Waals surface area contributed by atoms with E-state index in [0.29, 0.717) is 17.0 Å². The Kier molecular flexibility index (Phi) is 3.34. The molecule has 0 aliphatic carbocycles. The summed E-state index contributed by atoms with van der Waals surface area (Å²) in [6, 6.07) is 7.65. The van der Waals surface area contributed by atoms with Gasteiger partial charge >= 0.3 is 0 Å². The topological polar surface area (TPSA) is 71.7 Å². The van der Waals surface area contributed by atoms with Gasteiger partial charge in [-0.3, -0.25) is 9.36 Å². The summed E-state index contributed by atoms with van der Waals surface area (Å²) in [4.78, 5) is 11.8. The number of hydrogen-bond acceptors (Lipinski definition) is 4. The van der Waals surface area contributed by atoms with Crippen molar-refractivity contribution < 1.29 is 14.9 Å². The van der Waals surface area contributed by atoms with Crippen LogP contribution >= 0.6 is 0 Å². The van der Waals surface area contributed by atoms with Crippen LogP contribution in [-0.4, -0.2) is 21.9 Å². The number of aliphatic hydroxyl groups is 1. The predicted molar refractivity (Wildman–Crippen MR) is 66.2 cm³/mol. The number of hydrogen-bond donors (Lipinski definition) is 2. The Morgan fingerprint density at radius 2 is 2.06 bits per heavy atom. The number of nitrogens with zero attached hydrogens (tertiary/aromatic N) is 1. The van der Waals surface area contributed by atoms with E-state index in [2.05, 4.69) is 0 Å². The van der Waals surface area contributed by atoms with Crippen molar-refractivity contribution in [3.63, 3.8) is 0 Å². The van der Waals surface area contributed by atoms with Crippen LogP contribution in [0.25, 0.3) is 5.69 Å². The standard InChI is InChI=1S/C13H13NO4/c1-18-12-7-10(2-3-11(12)16)14-5-4-9(8-15)6-13(14)17/h2-7,15-16H,8H2,1H3. The highest BCUT2D eigenvalue weighted by Crippen LogP contribution is 2.27. The lowest BCUT2D eigenvalue weighted by Crippen LogP contribution is -2.17. The molecule has 18 heavy (non-hydrogen) atoms. The first-order chi connectivity index (χ1) is 8.65. The summed E-state index contributed by atoms with van der Waals surface area (Å²) >= 11 is 0. The molecular formula is C13H13NO4. The third-order valence-corrected chi connectivity index (χ3v) is 2.61. The summed E-state index contributed by atoms with van der Waals surface area (Å²) < 4.78 is 6.39. The van der Waals surface area contributed by atoms with Gasteiger partial charge in [0.05, 0.1) is 19.4 Å². The van der Waals surface area contributed by atoms with Crippen molar-refractivity contribution in [2.45, 2.75) is 6.61 Å². The second-order valence-electron chi connectivity index (χ2n) is 3.76. The van der Waals surface area contributed by atoms with Gasteiger partial charge in [-0.2, -0.15) is 0 Å². The van der Waals surface area contributed by atoms with Crippen molar-refractivity contribution >= 4 is 0 Å². The van der Waals surface area contributed by atoms with E-state index in [4.69, 9.17) is 9.84 Å². The zero-order valence-corrected chi connectivity index (χ0v) is 9.83. The highest BCUT2D eigenvalue weighted by Gasteiger charge is 2.05. The van der Waals surface area contributed by atoms with Crippen LogP contribution in [0.5, 0.6) is 11.5 Å². The second-order valence-corrected chi connectivity index (χ2v) is 3.76. The zero-order valence-electron chi connectivity index (χ0n) is 9.83. The summed E-state index contributed by atoms with van der Waals surface area (Å²) in [5, 5.41) is 18.4. The maximum Gasteiger partial charge on any atom is 0.255 e. The van der Waals surface area contributed by atoms with Gasteiger partial charge in [0, 0.05) is 18.3 Å². The summed E-state index contributed by atoms with van der Waals surface area (Å²) in [5.74, 6) is 0.312. The van der Waals surface area contributed by atoms with Crippen LogP contribution in [0.1, 0.15) is 5.56 Å². The molecule has 5 nitrogen and oxygen atoms in total. The van der Waals surface area contributed by atoms with E-state index in [-0.39, 0.29) is 17.9 Å². The van der Waals surface area contributed by atoms with Crippen molar-refractivity contribution in [3.8, 4) is 17.2 Å². The molecule has 0 bridgehead atoms. The van der Waals surface area contributed by atoms with Gasteiger partial charge in [0.25, 0.3) is 5.56 Å². The summed E-state index contributed by atoms with van der Waals surface area (Å²) in [6.07, 6.45) is 1.57. The fourth-order valence-electron chi connectivity index (χ4n) is 1.65. The molecule has 2 aromatic rings. The molecule has 2 N–H and O–H groups in total. The fourth-order valence-corrected chi connectivity index (χ4v) is 1.65. The molecule has 1 heterocycles. The number of pyridine rings is 1.